The lowest BCUT2D eigenvalue weighted by Gasteiger charge is -2.04. The summed E-state index contributed by atoms with van der Waals surface area (Å²) in [6.45, 7) is 0. The maximum atomic E-state index is 12.5. The predicted molar refractivity (Wildman–Crippen MR) is 114 cm³/mol. The van der Waals surface area contributed by atoms with Gasteiger partial charge in [-0.2, -0.15) is 5.10 Å². The molecule has 4 aromatic rings. The molecule has 0 saturated heterocycles. The maximum Gasteiger partial charge on any atom is 0.345 e. The van der Waals surface area contributed by atoms with Crippen molar-refractivity contribution >= 4 is 33.7 Å². The molecule has 1 N–H and O–H groups in total. The summed E-state index contributed by atoms with van der Waals surface area (Å²) in [5.74, 6) is 1.27. The van der Waals surface area contributed by atoms with Crippen LogP contribution in [0, 0.1) is 0 Å². The first-order chi connectivity index (χ1) is 14.2. The topological polar surface area (TPSA) is 85.9 Å². The van der Waals surface area contributed by atoms with Gasteiger partial charge in [0.15, 0.2) is 11.3 Å². The van der Waals surface area contributed by atoms with Gasteiger partial charge in [0.25, 0.3) is 0 Å². The van der Waals surface area contributed by atoms with Crippen LogP contribution in [-0.4, -0.2) is 25.4 Å². The van der Waals surface area contributed by atoms with Crippen molar-refractivity contribution < 1.29 is 13.9 Å². The van der Waals surface area contributed by atoms with Gasteiger partial charge in [0.05, 0.1) is 31.7 Å². The number of hydrazone groups is 1. The van der Waals surface area contributed by atoms with E-state index in [0.717, 1.165) is 16.7 Å². The summed E-state index contributed by atoms with van der Waals surface area (Å²) in [4.78, 5) is 16.9. The van der Waals surface area contributed by atoms with Gasteiger partial charge in [-0.25, -0.2) is 9.78 Å². The van der Waals surface area contributed by atoms with E-state index in [0.29, 0.717) is 27.7 Å². The molecule has 2 aromatic heterocycles. The Labute approximate surface area is 170 Å². The highest BCUT2D eigenvalue weighted by Gasteiger charge is 2.13. The Morgan fingerprint density at radius 1 is 1.14 bits per heavy atom. The van der Waals surface area contributed by atoms with Crippen LogP contribution in [0.2, 0.25) is 0 Å². The Morgan fingerprint density at radius 3 is 2.83 bits per heavy atom. The van der Waals surface area contributed by atoms with Gasteiger partial charge in [0.1, 0.15) is 5.75 Å². The largest absolute Gasteiger partial charge is 0.497 e. The number of hydrogen-bond acceptors (Lipinski definition) is 8. The molecule has 4 rings (SSSR count). The van der Waals surface area contributed by atoms with E-state index in [1.807, 2.05) is 36.4 Å². The summed E-state index contributed by atoms with van der Waals surface area (Å²) in [6.07, 6.45) is 1.67. The van der Waals surface area contributed by atoms with Gasteiger partial charge in [-0.1, -0.05) is 24.3 Å². The van der Waals surface area contributed by atoms with E-state index in [1.54, 1.807) is 30.8 Å². The smallest absolute Gasteiger partial charge is 0.345 e. The Kier molecular flexibility index (Phi) is 5.26. The van der Waals surface area contributed by atoms with Crippen molar-refractivity contribution in [3.8, 4) is 22.8 Å². The van der Waals surface area contributed by atoms with Crippen LogP contribution >= 0.6 is 11.3 Å². The Hall–Kier alpha value is -3.65. The average Bonchev–Trinajstić information content (AvgIpc) is 3.21. The summed E-state index contributed by atoms with van der Waals surface area (Å²) in [5.41, 5.74) is 4.61. The number of rotatable bonds is 6. The molecule has 0 radical (unpaired) electrons. The molecular weight excluding hydrogens is 390 g/mol. The van der Waals surface area contributed by atoms with E-state index in [9.17, 15) is 4.79 Å². The summed E-state index contributed by atoms with van der Waals surface area (Å²) >= 11 is 1.34. The second-order valence-corrected chi connectivity index (χ2v) is 6.87. The van der Waals surface area contributed by atoms with Gasteiger partial charge in [0.2, 0.25) is 5.13 Å². The summed E-state index contributed by atoms with van der Waals surface area (Å²) < 4.78 is 15.9. The molecule has 0 aliphatic carbocycles. The Bertz CT molecular complexity index is 1250. The highest BCUT2D eigenvalue weighted by atomic mass is 32.1. The number of thiazole rings is 1. The number of nitrogens with one attached hydrogen (secondary N) is 1. The van der Waals surface area contributed by atoms with Crippen LogP contribution < -0.4 is 20.5 Å². The molecule has 146 valence electrons. The van der Waals surface area contributed by atoms with E-state index in [1.165, 1.54) is 18.4 Å². The molecule has 7 nitrogen and oxygen atoms in total. The number of benzene rings is 2. The average molecular weight is 407 g/mol. The van der Waals surface area contributed by atoms with Crippen LogP contribution in [-0.2, 0) is 0 Å². The summed E-state index contributed by atoms with van der Waals surface area (Å²) in [7, 11) is 3.15. The SMILES string of the molecule is COc1cccc(/C=N/Nc2nc(-c3cc4cccc(OC)c4oc3=O)cs2)c1. The molecule has 29 heavy (non-hydrogen) atoms. The lowest BCUT2D eigenvalue weighted by atomic mass is 10.1. The molecule has 0 atom stereocenters. The van der Waals surface area contributed by atoms with Gasteiger partial charge in [-0.05, 0) is 29.8 Å². The number of nitrogens with zero attached hydrogens (tertiary/aromatic N) is 2. The summed E-state index contributed by atoms with van der Waals surface area (Å²) in [5, 5.41) is 7.29. The number of methoxy groups -OCH3 is 2. The zero-order valence-corrected chi connectivity index (χ0v) is 16.5. The van der Waals surface area contributed by atoms with Crippen molar-refractivity contribution in [1.82, 2.24) is 4.98 Å². The molecule has 8 heteroatoms. The van der Waals surface area contributed by atoms with Gasteiger partial charge in [-0.15, -0.1) is 11.3 Å². The molecule has 0 aliphatic rings. The minimum Gasteiger partial charge on any atom is -0.497 e. The molecule has 2 heterocycles. The van der Waals surface area contributed by atoms with E-state index in [2.05, 4.69) is 15.5 Å². The fourth-order valence-electron chi connectivity index (χ4n) is 2.79. The number of hydrogen-bond donors (Lipinski definition) is 1. The molecule has 0 bridgehead atoms. The highest BCUT2D eigenvalue weighted by Crippen LogP contribution is 2.29. The quantitative estimate of drug-likeness (QED) is 0.290. The number of aromatic nitrogens is 1. The fourth-order valence-corrected chi connectivity index (χ4v) is 3.45. The first kappa shape index (κ1) is 18.7. The van der Waals surface area contributed by atoms with Gasteiger partial charge >= 0.3 is 5.63 Å². The molecule has 0 spiro atoms. The van der Waals surface area contributed by atoms with Crippen LogP contribution in [0.5, 0.6) is 11.5 Å². The third-order valence-corrected chi connectivity index (χ3v) is 4.94. The summed E-state index contributed by atoms with van der Waals surface area (Å²) in [6, 6.07) is 14.7. The predicted octanol–water partition coefficient (Wildman–Crippen LogP) is 4.38. The fraction of sp³-hybridized carbons (Fsp3) is 0.0952. The Morgan fingerprint density at radius 2 is 2.00 bits per heavy atom. The molecule has 0 amide bonds. The lowest BCUT2D eigenvalue weighted by Crippen LogP contribution is -2.03. The molecule has 2 aromatic carbocycles. The minimum absolute atomic E-state index is 0.381. The number of ether oxygens (including phenoxy) is 2. The van der Waals surface area contributed by atoms with Crippen LogP contribution in [0.1, 0.15) is 5.56 Å². The van der Waals surface area contributed by atoms with Crippen LogP contribution in [0.25, 0.3) is 22.2 Å². The highest BCUT2D eigenvalue weighted by molar-refractivity contribution is 7.14. The van der Waals surface area contributed by atoms with Crippen molar-refractivity contribution in [2.24, 2.45) is 5.10 Å². The van der Waals surface area contributed by atoms with Crippen molar-refractivity contribution in [3.05, 3.63) is 69.9 Å². The van der Waals surface area contributed by atoms with Crippen molar-refractivity contribution in [1.29, 1.82) is 0 Å². The standard InChI is InChI=1S/C21H17N3O4S/c1-26-15-7-3-5-13(9-15)11-22-24-21-23-17(12-29-21)16-10-14-6-4-8-18(27-2)19(14)28-20(16)25/h3-12H,1-2H3,(H,23,24)/b22-11+. The zero-order chi connectivity index (χ0) is 20.2. The number of anilines is 1. The molecule has 0 fully saturated rings. The van der Waals surface area contributed by atoms with Crippen molar-refractivity contribution in [3.63, 3.8) is 0 Å². The first-order valence-corrected chi connectivity index (χ1v) is 9.56. The monoisotopic (exact) mass is 407 g/mol. The molecular formula is C21H17N3O4S. The molecule has 0 unspecified atom stereocenters. The number of para-hydroxylation sites is 1. The van der Waals surface area contributed by atoms with Crippen molar-refractivity contribution in [2.75, 3.05) is 19.6 Å². The normalized spacial score (nSPS) is 11.1. The van der Waals surface area contributed by atoms with Crippen LogP contribution in [0.4, 0.5) is 5.13 Å². The number of fused-ring (bicyclic) bond motifs is 1. The van der Waals surface area contributed by atoms with Gasteiger partial charge in [-0.3, -0.25) is 5.43 Å². The van der Waals surface area contributed by atoms with Crippen LogP contribution in [0.3, 0.4) is 0 Å². The first-order valence-electron chi connectivity index (χ1n) is 8.68. The van der Waals surface area contributed by atoms with Crippen LogP contribution in [0.15, 0.2) is 68.2 Å². The lowest BCUT2D eigenvalue weighted by molar-refractivity contribution is 0.407. The third kappa shape index (κ3) is 3.97. The van der Waals surface area contributed by atoms with E-state index in [-0.39, 0.29) is 0 Å². The molecule has 0 aliphatic heterocycles. The Balaban J connectivity index is 1.56. The zero-order valence-electron chi connectivity index (χ0n) is 15.7. The maximum absolute atomic E-state index is 12.5. The third-order valence-electron chi connectivity index (χ3n) is 4.19. The van der Waals surface area contributed by atoms with Crippen molar-refractivity contribution in [2.45, 2.75) is 0 Å². The van der Waals surface area contributed by atoms with E-state index in [4.69, 9.17) is 13.9 Å². The van der Waals surface area contributed by atoms with E-state index >= 15 is 0 Å². The second kappa shape index (κ2) is 8.15. The minimum atomic E-state index is -0.473. The van der Waals surface area contributed by atoms with Gasteiger partial charge in [0, 0.05) is 10.8 Å². The second-order valence-electron chi connectivity index (χ2n) is 6.01. The van der Waals surface area contributed by atoms with E-state index < -0.39 is 5.63 Å². The van der Waals surface area contributed by atoms with Gasteiger partial charge < -0.3 is 13.9 Å². The molecule has 0 saturated carbocycles.